The topological polar surface area (TPSA) is 20.5 Å². The first-order valence-electron chi connectivity index (χ1n) is 17.5. The van der Waals surface area contributed by atoms with E-state index in [1.807, 2.05) is 6.21 Å². The highest BCUT2D eigenvalue weighted by atomic mass is 15.1. The molecule has 3 nitrogen and oxygen atoms in total. The number of aromatic nitrogens is 1. The van der Waals surface area contributed by atoms with Gasteiger partial charge in [0.1, 0.15) is 0 Å². The minimum atomic E-state index is 0.761. The Morgan fingerprint density at radius 2 is 0.922 bits per heavy atom. The van der Waals surface area contributed by atoms with Crippen molar-refractivity contribution in [3.05, 3.63) is 188 Å². The summed E-state index contributed by atoms with van der Waals surface area (Å²) in [6.07, 6.45) is 4.13. The van der Waals surface area contributed by atoms with E-state index in [2.05, 4.69) is 196 Å². The maximum Gasteiger partial charge on any atom is 0.0580 e. The number of hydrogen-bond acceptors (Lipinski definition) is 2. The van der Waals surface area contributed by atoms with Gasteiger partial charge in [0, 0.05) is 39.7 Å². The molecule has 0 atom stereocenters. The molecule has 0 saturated carbocycles. The molecule has 0 fully saturated rings. The van der Waals surface area contributed by atoms with Crippen LogP contribution in [-0.2, 0) is 0 Å². The smallest absolute Gasteiger partial charge is 0.0580 e. The molecule has 9 aromatic rings. The van der Waals surface area contributed by atoms with Crippen LogP contribution in [0.4, 0.5) is 17.1 Å². The van der Waals surface area contributed by atoms with Gasteiger partial charge in [0.05, 0.1) is 17.6 Å². The number of rotatable bonds is 6. The molecule has 51 heavy (non-hydrogen) atoms. The molecule has 8 aromatic carbocycles. The first-order chi connectivity index (χ1) is 25.3. The number of hydrogen-bond donors (Lipinski definition) is 0. The number of fused-ring (bicyclic) bond motifs is 7. The van der Waals surface area contributed by atoms with Crippen molar-refractivity contribution in [2.24, 2.45) is 4.99 Å². The molecular formula is C48H33N3. The highest BCUT2D eigenvalue weighted by molar-refractivity contribution is 6.28. The van der Waals surface area contributed by atoms with Gasteiger partial charge in [-0.15, -0.1) is 0 Å². The Hall–Kier alpha value is -6.71. The SMILES string of the molecule is C1=NCC=C1c1ccc(N(c2ccccc2)c2ccc(-c3ccc(-n4c5ccc6ccccc6c5c5c6ccccc6ccc54)cc3)cc2)cc1. The van der Waals surface area contributed by atoms with E-state index in [1.165, 1.54) is 65.6 Å². The van der Waals surface area contributed by atoms with Crippen LogP contribution >= 0.6 is 0 Å². The largest absolute Gasteiger partial charge is 0.311 e. The second kappa shape index (κ2) is 12.0. The van der Waals surface area contributed by atoms with E-state index in [1.54, 1.807) is 0 Å². The molecule has 0 aliphatic carbocycles. The quantitative estimate of drug-likeness (QED) is 0.175. The monoisotopic (exact) mass is 651 g/mol. The van der Waals surface area contributed by atoms with E-state index < -0.39 is 0 Å². The molecule has 1 aromatic heterocycles. The number of aliphatic imine (C=N–C) groups is 1. The van der Waals surface area contributed by atoms with Crippen LogP contribution in [0.1, 0.15) is 5.56 Å². The Labute approximate surface area is 296 Å². The van der Waals surface area contributed by atoms with Crippen LogP contribution < -0.4 is 4.90 Å². The van der Waals surface area contributed by atoms with Gasteiger partial charge in [0.25, 0.3) is 0 Å². The van der Waals surface area contributed by atoms with Crippen LogP contribution in [0.5, 0.6) is 0 Å². The fourth-order valence-electron chi connectivity index (χ4n) is 7.81. The Kier molecular flexibility index (Phi) is 6.88. The number of allylic oxidation sites excluding steroid dienone is 1. The van der Waals surface area contributed by atoms with Gasteiger partial charge in [-0.1, -0.05) is 121 Å². The van der Waals surface area contributed by atoms with Crippen molar-refractivity contribution in [1.82, 2.24) is 4.57 Å². The lowest BCUT2D eigenvalue weighted by Gasteiger charge is -2.26. The summed E-state index contributed by atoms with van der Waals surface area (Å²) >= 11 is 0. The molecule has 2 heterocycles. The summed E-state index contributed by atoms with van der Waals surface area (Å²) < 4.78 is 2.43. The van der Waals surface area contributed by atoms with E-state index in [-0.39, 0.29) is 0 Å². The molecule has 0 saturated heterocycles. The first kappa shape index (κ1) is 29.2. The van der Waals surface area contributed by atoms with E-state index >= 15 is 0 Å². The Morgan fingerprint density at radius 1 is 0.431 bits per heavy atom. The Bertz CT molecular complexity index is 2700. The first-order valence-corrected chi connectivity index (χ1v) is 17.5. The molecule has 0 spiro atoms. The minimum Gasteiger partial charge on any atom is -0.311 e. The lowest BCUT2D eigenvalue weighted by Crippen LogP contribution is -2.09. The van der Waals surface area contributed by atoms with Crippen molar-refractivity contribution in [2.75, 3.05) is 11.4 Å². The van der Waals surface area contributed by atoms with Gasteiger partial charge < -0.3 is 9.47 Å². The summed E-state index contributed by atoms with van der Waals surface area (Å²) in [5, 5.41) is 7.70. The fraction of sp³-hybridized carbons (Fsp3) is 0.0208. The lowest BCUT2D eigenvalue weighted by molar-refractivity contribution is 1.18. The van der Waals surface area contributed by atoms with Crippen molar-refractivity contribution in [2.45, 2.75) is 0 Å². The third kappa shape index (κ3) is 4.94. The Balaban J connectivity index is 1.03. The second-order valence-corrected chi connectivity index (χ2v) is 13.2. The number of para-hydroxylation sites is 1. The molecule has 0 N–H and O–H groups in total. The molecule has 0 bridgehead atoms. The van der Waals surface area contributed by atoms with E-state index in [0.717, 1.165) is 29.3 Å². The molecule has 1 aliphatic heterocycles. The third-order valence-corrected chi connectivity index (χ3v) is 10.3. The van der Waals surface area contributed by atoms with Crippen LogP contribution in [0.25, 0.3) is 65.7 Å². The van der Waals surface area contributed by atoms with Crippen LogP contribution in [0.15, 0.2) is 187 Å². The second-order valence-electron chi connectivity index (χ2n) is 13.2. The summed E-state index contributed by atoms with van der Waals surface area (Å²) in [5.41, 5.74) is 11.7. The molecular weight excluding hydrogens is 619 g/mol. The Morgan fingerprint density at radius 3 is 1.47 bits per heavy atom. The predicted octanol–water partition coefficient (Wildman–Crippen LogP) is 12.7. The molecule has 0 amide bonds. The number of anilines is 3. The zero-order valence-electron chi connectivity index (χ0n) is 27.9. The average molecular weight is 652 g/mol. The predicted molar refractivity (Wildman–Crippen MR) is 217 cm³/mol. The van der Waals surface area contributed by atoms with Crippen LogP contribution in [0.3, 0.4) is 0 Å². The van der Waals surface area contributed by atoms with Crippen LogP contribution in [-0.4, -0.2) is 17.3 Å². The standard InChI is InChI=1S/C48H33N3/c1-2-10-39(11-3-1)50(41-24-18-35(19-25-41)38-30-31-49-32-38)40-22-14-33(15-23-40)34-16-26-42(27-17-34)51-45-28-20-36-8-4-6-12-43(36)47(45)48-44-13-7-5-9-37(44)21-29-46(48)51/h1-30,32H,31H2. The van der Waals surface area contributed by atoms with Gasteiger partial charge in [-0.05, 0) is 104 Å². The summed E-state index contributed by atoms with van der Waals surface area (Å²) in [5.74, 6) is 0. The zero-order chi connectivity index (χ0) is 33.7. The molecule has 1 aliphatic rings. The third-order valence-electron chi connectivity index (χ3n) is 10.3. The van der Waals surface area contributed by atoms with Crippen LogP contribution in [0, 0.1) is 0 Å². The molecule has 240 valence electrons. The zero-order valence-corrected chi connectivity index (χ0v) is 27.9. The van der Waals surface area contributed by atoms with Gasteiger partial charge in [-0.2, -0.15) is 0 Å². The lowest BCUT2D eigenvalue weighted by atomic mass is 10.00. The molecule has 0 unspecified atom stereocenters. The van der Waals surface area contributed by atoms with E-state index in [9.17, 15) is 0 Å². The summed E-state index contributed by atoms with van der Waals surface area (Å²) in [7, 11) is 0. The maximum absolute atomic E-state index is 4.36. The van der Waals surface area contributed by atoms with Crippen molar-refractivity contribution in [3.8, 4) is 16.8 Å². The van der Waals surface area contributed by atoms with Gasteiger partial charge in [0.2, 0.25) is 0 Å². The average Bonchev–Trinajstić information content (AvgIpc) is 3.87. The minimum absolute atomic E-state index is 0.761. The molecule has 0 radical (unpaired) electrons. The summed E-state index contributed by atoms with van der Waals surface area (Å²) in [6, 6.07) is 63.8. The maximum atomic E-state index is 4.36. The van der Waals surface area contributed by atoms with Crippen molar-refractivity contribution < 1.29 is 0 Å². The van der Waals surface area contributed by atoms with Gasteiger partial charge in [-0.3, -0.25) is 4.99 Å². The van der Waals surface area contributed by atoms with Gasteiger partial charge in [0.15, 0.2) is 0 Å². The van der Waals surface area contributed by atoms with Gasteiger partial charge >= 0.3 is 0 Å². The number of nitrogens with zero attached hydrogens (tertiary/aromatic N) is 3. The summed E-state index contributed by atoms with van der Waals surface area (Å²) in [4.78, 5) is 6.67. The van der Waals surface area contributed by atoms with Crippen molar-refractivity contribution >= 4 is 72.2 Å². The fourth-order valence-corrected chi connectivity index (χ4v) is 7.81. The van der Waals surface area contributed by atoms with E-state index in [4.69, 9.17) is 0 Å². The molecule has 10 rings (SSSR count). The van der Waals surface area contributed by atoms with Gasteiger partial charge in [-0.25, -0.2) is 0 Å². The normalized spacial score (nSPS) is 12.7. The highest BCUT2D eigenvalue weighted by Gasteiger charge is 2.18. The molecule has 3 heteroatoms. The van der Waals surface area contributed by atoms with Crippen molar-refractivity contribution in [3.63, 3.8) is 0 Å². The number of benzene rings is 8. The van der Waals surface area contributed by atoms with E-state index in [0.29, 0.717) is 0 Å². The van der Waals surface area contributed by atoms with Crippen LogP contribution in [0.2, 0.25) is 0 Å². The van der Waals surface area contributed by atoms with Crippen molar-refractivity contribution in [1.29, 1.82) is 0 Å². The highest BCUT2D eigenvalue weighted by Crippen LogP contribution is 2.41. The summed E-state index contributed by atoms with van der Waals surface area (Å²) in [6.45, 7) is 0.761.